The highest BCUT2D eigenvalue weighted by atomic mass is 16.5. The first-order valence-corrected chi connectivity index (χ1v) is 30.2. The minimum atomic E-state index is -1.84. The summed E-state index contributed by atoms with van der Waals surface area (Å²) in [6.07, 6.45) is -1.15. The third kappa shape index (κ3) is 22.8. The molecule has 498 valence electrons. The van der Waals surface area contributed by atoms with Crippen LogP contribution >= 0.6 is 0 Å². The number of esters is 1. The average molecular weight is 1260 g/mol. The molecule has 0 spiro atoms. The van der Waals surface area contributed by atoms with Gasteiger partial charge in [-0.15, -0.1) is 0 Å². The SMILES string of the molecule is CC[C@H](CO)[C@H](NC(=O)[C@@H](Cc1ccccc1)NC)C(=O)N[C@@H](CO)C(=O)N[C@H](CCC(N)=O)C(=O)N[C@@H](C(=O)N[C@H](C(=O)N[C@@H](CO)C(=O)N[C@H]1C(=O)N[C@@H](C)C(=O)N[C@@H](C[C@H]2CN=C(N)N2)C(=O)N[C@@H]([C@@H](C)CC)C(=O)O[C@H]1C)[C@@H](C)CC)[C@@H](C)CC. The summed E-state index contributed by atoms with van der Waals surface area (Å²) in [6, 6.07) is -7.52. The van der Waals surface area contributed by atoms with Gasteiger partial charge in [0.15, 0.2) is 5.96 Å². The van der Waals surface area contributed by atoms with Crippen molar-refractivity contribution in [2.75, 3.05) is 33.4 Å². The summed E-state index contributed by atoms with van der Waals surface area (Å²) >= 11 is 0. The first-order chi connectivity index (χ1) is 42.1. The maximum absolute atomic E-state index is 14.4. The molecule has 0 aliphatic carbocycles. The molecule has 0 saturated carbocycles. The Morgan fingerprint density at radius 2 is 1.16 bits per heavy atom. The van der Waals surface area contributed by atoms with Crippen molar-refractivity contribution < 1.29 is 77.6 Å². The number of aliphatic hydroxyl groups is 3. The van der Waals surface area contributed by atoms with Crippen LogP contribution in [0.4, 0.5) is 0 Å². The second-order valence-corrected chi connectivity index (χ2v) is 22.8. The van der Waals surface area contributed by atoms with E-state index in [0.29, 0.717) is 6.42 Å². The van der Waals surface area contributed by atoms with Crippen LogP contribution in [-0.4, -0.2) is 204 Å². The maximum Gasteiger partial charge on any atom is 0.329 e. The Hall–Kier alpha value is -8.03. The fourth-order valence-electron chi connectivity index (χ4n) is 9.66. The molecular formula is C58H95N15O16. The normalized spacial score (nSPS) is 22.6. The Labute approximate surface area is 518 Å². The molecule has 1 aromatic rings. The van der Waals surface area contributed by atoms with Crippen molar-refractivity contribution in [2.45, 2.75) is 192 Å². The van der Waals surface area contributed by atoms with Crippen molar-refractivity contribution in [2.24, 2.45) is 40.1 Å². The van der Waals surface area contributed by atoms with Crippen molar-refractivity contribution in [1.82, 2.24) is 63.8 Å². The molecule has 1 saturated heterocycles. The van der Waals surface area contributed by atoms with Gasteiger partial charge >= 0.3 is 5.97 Å². The Morgan fingerprint density at radius 1 is 0.629 bits per heavy atom. The number of amides is 11. The van der Waals surface area contributed by atoms with E-state index in [-0.39, 0.29) is 44.6 Å². The highest BCUT2D eigenvalue weighted by molar-refractivity contribution is 6.00. The van der Waals surface area contributed by atoms with Gasteiger partial charge in [-0.2, -0.15) is 0 Å². The lowest BCUT2D eigenvalue weighted by Crippen LogP contribution is -2.63. The lowest BCUT2D eigenvalue weighted by molar-refractivity contribution is -0.157. The largest absolute Gasteiger partial charge is 0.458 e. The van der Waals surface area contributed by atoms with E-state index >= 15 is 0 Å². The molecule has 0 aromatic heterocycles. The Bertz CT molecular complexity index is 2630. The van der Waals surface area contributed by atoms with Gasteiger partial charge < -0.3 is 95.3 Å². The number of hydrogen-bond donors (Lipinski definition) is 17. The van der Waals surface area contributed by atoms with Gasteiger partial charge in [-0.1, -0.05) is 98.1 Å². The summed E-state index contributed by atoms with van der Waals surface area (Å²) in [5, 5.41) is 62.2. The van der Waals surface area contributed by atoms with Gasteiger partial charge in [0.1, 0.15) is 66.5 Å². The fraction of sp³-hybridized carbons (Fsp3) is 0.672. The molecule has 1 aromatic carbocycles. The van der Waals surface area contributed by atoms with E-state index in [1.165, 1.54) is 13.8 Å². The van der Waals surface area contributed by atoms with Crippen molar-refractivity contribution >= 4 is 76.9 Å². The smallest absolute Gasteiger partial charge is 0.329 e. The lowest BCUT2D eigenvalue weighted by atomic mass is 9.94. The summed E-state index contributed by atoms with van der Waals surface area (Å²) in [7, 11) is 1.55. The number of aliphatic hydroxyl groups excluding tert-OH is 3. The van der Waals surface area contributed by atoms with Crippen molar-refractivity contribution in [1.29, 1.82) is 0 Å². The zero-order chi connectivity index (χ0) is 66.8. The first-order valence-electron chi connectivity index (χ1n) is 30.2. The summed E-state index contributed by atoms with van der Waals surface area (Å²) < 4.78 is 5.72. The zero-order valence-corrected chi connectivity index (χ0v) is 52.4. The third-order valence-electron chi connectivity index (χ3n) is 16.1. The number of primary amides is 1. The molecule has 3 rings (SSSR count). The second-order valence-electron chi connectivity index (χ2n) is 22.8. The van der Waals surface area contributed by atoms with E-state index in [9.17, 15) is 72.9 Å². The van der Waals surface area contributed by atoms with E-state index in [2.05, 4.69) is 68.8 Å². The van der Waals surface area contributed by atoms with Gasteiger partial charge in [0.05, 0.1) is 31.8 Å². The number of cyclic esters (lactones) is 1. The lowest BCUT2D eigenvalue weighted by Gasteiger charge is -2.31. The molecule has 17 atom stereocenters. The summed E-state index contributed by atoms with van der Waals surface area (Å²) in [5.41, 5.74) is 12.0. The Morgan fingerprint density at radius 3 is 1.67 bits per heavy atom. The number of nitrogens with zero attached hydrogens (tertiary/aromatic N) is 1. The highest BCUT2D eigenvalue weighted by Gasteiger charge is 2.42. The molecule has 0 bridgehead atoms. The number of aliphatic imine (C=N–C) groups is 1. The van der Waals surface area contributed by atoms with Crippen LogP contribution in [-0.2, 0) is 68.7 Å². The molecule has 2 aliphatic rings. The van der Waals surface area contributed by atoms with Crippen LogP contribution in [0.5, 0.6) is 0 Å². The number of nitrogens with one attached hydrogen (secondary N) is 12. The van der Waals surface area contributed by atoms with E-state index in [0.717, 1.165) is 5.56 Å². The number of guanidine groups is 1. The van der Waals surface area contributed by atoms with Crippen LogP contribution < -0.4 is 75.3 Å². The molecule has 0 unspecified atom stereocenters. The predicted molar refractivity (Wildman–Crippen MR) is 323 cm³/mol. The number of hydrogen-bond acceptors (Lipinski definition) is 20. The molecule has 31 nitrogen and oxygen atoms in total. The van der Waals surface area contributed by atoms with Crippen LogP contribution in [0.25, 0.3) is 0 Å². The third-order valence-corrected chi connectivity index (χ3v) is 16.1. The monoisotopic (exact) mass is 1260 g/mol. The number of likely N-dealkylation sites (N-methyl/N-ethyl adjacent to an activating group) is 1. The van der Waals surface area contributed by atoms with E-state index in [1.54, 1.807) is 67.6 Å². The Kier molecular flexibility index (Phi) is 31.3. The summed E-state index contributed by atoms with van der Waals surface area (Å²) in [6.45, 7) is 11.8. The number of rotatable bonds is 33. The molecule has 89 heavy (non-hydrogen) atoms. The number of ether oxygens (including phenoxy) is 1. The molecular weight excluding hydrogens is 1160 g/mol. The van der Waals surface area contributed by atoms with Crippen molar-refractivity contribution in [3.8, 4) is 0 Å². The average Bonchev–Trinajstić information content (AvgIpc) is 3.45. The topological polar surface area (TPSA) is 484 Å². The quantitative estimate of drug-likeness (QED) is 0.0292. The summed E-state index contributed by atoms with van der Waals surface area (Å²) in [4.78, 5) is 170. The first kappa shape index (κ1) is 75.2. The van der Waals surface area contributed by atoms with Crippen molar-refractivity contribution in [3.63, 3.8) is 0 Å². The van der Waals surface area contributed by atoms with Gasteiger partial charge in [0.25, 0.3) is 0 Å². The maximum atomic E-state index is 14.4. The minimum absolute atomic E-state index is 0.0151. The Balaban J connectivity index is 1.86. The van der Waals surface area contributed by atoms with Crippen LogP contribution in [0.1, 0.15) is 113 Å². The van der Waals surface area contributed by atoms with Gasteiger partial charge in [-0.25, -0.2) is 4.79 Å². The summed E-state index contributed by atoms with van der Waals surface area (Å²) in [5.74, 6) is -13.9. The van der Waals surface area contributed by atoms with E-state index in [1.807, 2.05) is 18.2 Å². The van der Waals surface area contributed by atoms with Gasteiger partial charge in [-0.3, -0.25) is 57.7 Å². The predicted octanol–water partition coefficient (Wildman–Crippen LogP) is -5.29. The molecule has 31 heteroatoms. The highest BCUT2D eigenvalue weighted by Crippen LogP contribution is 2.18. The number of carbonyl (C=O) groups excluding carboxylic acids is 12. The van der Waals surface area contributed by atoms with Crippen LogP contribution in [0.2, 0.25) is 0 Å². The minimum Gasteiger partial charge on any atom is -0.458 e. The fourth-order valence-corrected chi connectivity index (χ4v) is 9.66. The van der Waals surface area contributed by atoms with Gasteiger partial charge in [0.2, 0.25) is 65.0 Å². The number of benzene rings is 1. The molecule has 19 N–H and O–H groups in total. The van der Waals surface area contributed by atoms with E-state index < -0.39 is 206 Å². The van der Waals surface area contributed by atoms with Crippen LogP contribution in [0.3, 0.4) is 0 Å². The standard InChI is InChI=1S/C58H95N15O16/c1-11-28(5)42(53(84)67-40(27-76)52(83)72-45-32(9)89-57(88)44(30(7)13-3)71-50(81)38(23-35-24-62-58(60)64-35)66-47(78)31(8)63-55(45)86)70-54(85)43(29(6)12-2)69-48(79)36(20-21-41(59)77)65-51(82)39(26-75)68-56(87)46(34(14-4)25-74)73-49(80)37(61-10)22-33-18-16-15-17-19-33/h15-19,28-32,34-40,42-46,61,74-76H,11-14,20-27H2,1-10H3,(H2,59,77)(H,63,86)(H,65,82)(H,66,78)(H,67,84)(H,68,87)(H,69,79)(H,70,85)(H,71,81)(H,72,83)(H,73,80)(H3,60,62,64)/t28-,29-,30-,31-,32-,34+,35-,36+,37+,38-,39-,40-,42-,43+,44-,45+,46-/m0/s1. The van der Waals surface area contributed by atoms with Crippen LogP contribution in [0, 0.1) is 23.7 Å². The molecule has 0 radical (unpaired) electrons. The molecule has 2 aliphatic heterocycles. The van der Waals surface area contributed by atoms with Gasteiger partial charge in [0, 0.05) is 18.9 Å². The molecule has 1 fully saturated rings. The van der Waals surface area contributed by atoms with Crippen molar-refractivity contribution in [3.05, 3.63) is 35.9 Å². The van der Waals surface area contributed by atoms with Crippen LogP contribution in [0.15, 0.2) is 35.3 Å². The molecule has 11 amide bonds. The van der Waals surface area contributed by atoms with Gasteiger partial charge in [-0.05, 0) is 69.9 Å². The zero-order valence-electron chi connectivity index (χ0n) is 52.4. The number of carbonyl (C=O) groups is 12. The number of nitrogens with two attached hydrogens (primary N) is 2. The molecule has 2 heterocycles. The second kappa shape index (κ2) is 37.1. The van der Waals surface area contributed by atoms with E-state index in [4.69, 9.17) is 16.2 Å².